The summed E-state index contributed by atoms with van der Waals surface area (Å²) >= 11 is 0. The van der Waals surface area contributed by atoms with Crippen LogP contribution in [0.2, 0.25) is 0 Å². The number of aryl methyl sites for hydroxylation is 2. The van der Waals surface area contributed by atoms with Crippen LogP contribution in [0.25, 0.3) is 21.9 Å². The van der Waals surface area contributed by atoms with E-state index < -0.39 is 23.3 Å². The van der Waals surface area contributed by atoms with E-state index in [1.807, 2.05) is 37.7 Å². The third-order valence-corrected chi connectivity index (χ3v) is 6.35. The number of nitrogens with zero attached hydrogens (tertiary/aromatic N) is 3. The highest BCUT2D eigenvalue weighted by atomic mass is 19.1. The van der Waals surface area contributed by atoms with Gasteiger partial charge in [0.2, 0.25) is 0 Å². The summed E-state index contributed by atoms with van der Waals surface area (Å²) in [5.74, 6) is -1.19. The summed E-state index contributed by atoms with van der Waals surface area (Å²) < 4.78 is 16.9. The molecular formula is C24H22FN5O3. The van der Waals surface area contributed by atoms with E-state index in [1.165, 1.54) is 16.7 Å². The van der Waals surface area contributed by atoms with Crippen molar-refractivity contribution in [3.8, 4) is 17.0 Å². The van der Waals surface area contributed by atoms with Crippen molar-refractivity contribution in [3.63, 3.8) is 0 Å². The lowest BCUT2D eigenvalue weighted by molar-refractivity contribution is -0.124. The molecular weight excluding hydrogens is 425 g/mol. The standard InChI is InChI=1S/C24H22FN5O3/c1-13-20(14(2)29(3)28-13)15-4-7-17(8-5-15)24(22(32)26-23(33)27-24)12-30-11-16-6-9-18(25)10-19(16)21(30)31/h4-11,31H,12H2,1-3H3,(H2,26,27,32,33)/t24-/m0/s1. The van der Waals surface area contributed by atoms with E-state index in [-0.39, 0.29) is 12.4 Å². The zero-order valence-electron chi connectivity index (χ0n) is 18.3. The Morgan fingerprint density at radius 2 is 1.85 bits per heavy atom. The minimum Gasteiger partial charge on any atom is -0.494 e. The normalized spacial score (nSPS) is 18.1. The van der Waals surface area contributed by atoms with Crippen molar-refractivity contribution in [1.29, 1.82) is 0 Å². The molecule has 1 aliphatic heterocycles. The molecule has 168 valence electrons. The van der Waals surface area contributed by atoms with Gasteiger partial charge in [-0.1, -0.05) is 24.3 Å². The molecule has 1 fully saturated rings. The van der Waals surface area contributed by atoms with Gasteiger partial charge < -0.3 is 15.0 Å². The van der Waals surface area contributed by atoms with E-state index in [0.717, 1.165) is 22.5 Å². The van der Waals surface area contributed by atoms with Crippen molar-refractivity contribution in [1.82, 2.24) is 25.0 Å². The molecule has 5 rings (SSSR count). The van der Waals surface area contributed by atoms with Gasteiger partial charge in [0.25, 0.3) is 5.91 Å². The number of urea groups is 1. The van der Waals surface area contributed by atoms with Gasteiger partial charge in [-0.25, -0.2) is 9.18 Å². The average Bonchev–Trinajstić information content (AvgIpc) is 3.33. The fourth-order valence-corrected chi connectivity index (χ4v) is 4.60. The van der Waals surface area contributed by atoms with Crippen molar-refractivity contribution >= 4 is 22.7 Å². The second-order valence-corrected chi connectivity index (χ2v) is 8.37. The highest BCUT2D eigenvalue weighted by Gasteiger charge is 2.48. The maximum Gasteiger partial charge on any atom is 0.322 e. The smallest absolute Gasteiger partial charge is 0.322 e. The molecule has 1 saturated heterocycles. The number of imide groups is 1. The Kier molecular flexibility index (Phi) is 4.52. The highest BCUT2D eigenvalue weighted by Crippen LogP contribution is 2.35. The molecule has 9 heteroatoms. The number of benzene rings is 2. The van der Waals surface area contributed by atoms with Crippen LogP contribution in [0, 0.1) is 19.7 Å². The van der Waals surface area contributed by atoms with Gasteiger partial charge in [0.1, 0.15) is 5.82 Å². The number of carbonyl (C=O) groups excluding carboxylic acids is 2. The van der Waals surface area contributed by atoms with E-state index >= 15 is 0 Å². The third kappa shape index (κ3) is 3.15. The van der Waals surface area contributed by atoms with Crippen LogP contribution in [0.3, 0.4) is 0 Å². The number of hydrogen-bond donors (Lipinski definition) is 3. The molecule has 0 radical (unpaired) electrons. The predicted octanol–water partition coefficient (Wildman–Crippen LogP) is 3.24. The number of rotatable bonds is 4. The number of aromatic nitrogens is 3. The highest BCUT2D eigenvalue weighted by molar-refractivity contribution is 6.07. The van der Waals surface area contributed by atoms with Crippen molar-refractivity contribution in [2.24, 2.45) is 7.05 Å². The summed E-state index contributed by atoms with van der Waals surface area (Å²) in [4.78, 5) is 25.1. The molecule has 0 saturated carbocycles. The van der Waals surface area contributed by atoms with Gasteiger partial charge >= 0.3 is 6.03 Å². The Bertz CT molecular complexity index is 1440. The summed E-state index contributed by atoms with van der Waals surface area (Å²) in [7, 11) is 1.88. The summed E-state index contributed by atoms with van der Waals surface area (Å²) in [5, 5.41) is 21.1. The van der Waals surface area contributed by atoms with Crippen molar-refractivity contribution < 1.29 is 19.1 Å². The number of halogens is 1. The first-order valence-corrected chi connectivity index (χ1v) is 10.4. The van der Waals surface area contributed by atoms with Gasteiger partial charge in [-0.15, -0.1) is 0 Å². The predicted molar refractivity (Wildman–Crippen MR) is 120 cm³/mol. The molecule has 0 bridgehead atoms. The van der Waals surface area contributed by atoms with Crippen LogP contribution in [0.4, 0.5) is 9.18 Å². The Morgan fingerprint density at radius 3 is 2.45 bits per heavy atom. The first-order chi connectivity index (χ1) is 15.7. The van der Waals surface area contributed by atoms with Crippen LogP contribution >= 0.6 is 0 Å². The minimum absolute atomic E-state index is 0.0724. The number of aromatic hydroxyl groups is 1. The summed E-state index contributed by atoms with van der Waals surface area (Å²) in [6.07, 6.45) is 1.63. The van der Waals surface area contributed by atoms with Gasteiger partial charge in [-0.2, -0.15) is 5.10 Å². The Labute approximate surface area is 188 Å². The molecule has 8 nitrogen and oxygen atoms in total. The maximum absolute atomic E-state index is 13.7. The first kappa shape index (κ1) is 20.7. The Balaban J connectivity index is 1.58. The topological polar surface area (TPSA) is 101 Å². The lowest BCUT2D eigenvalue weighted by atomic mass is 9.88. The lowest BCUT2D eigenvalue weighted by Crippen LogP contribution is -2.47. The van der Waals surface area contributed by atoms with E-state index in [4.69, 9.17) is 0 Å². The van der Waals surface area contributed by atoms with Crippen LogP contribution in [-0.4, -0.2) is 31.4 Å². The lowest BCUT2D eigenvalue weighted by Gasteiger charge is -2.27. The SMILES string of the molecule is Cc1nn(C)c(C)c1-c1ccc([C@]2(Cn3cc4ccc(F)cc4c3O)NC(=O)NC2=O)cc1. The van der Waals surface area contributed by atoms with Gasteiger partial charge in [-0.3, -0.25) is 14.8 Å². The molecule has 1 aliphatic rings. The summed E-state index contributed by atoms with van der Waals surface area (Å²) in [6.45, 7) is 3.85. The van der Waals surface area contributed by atoms with Gasteiger partial charge in [-0.05, 0) is 43.2 Å². The maximum atomic E-state index is 13.7. The van der Waals surface area contributed by atoms with E-state index in [0.29, 0.717) is 16.3 Å². The monoisotopic (exact) mass is 447 g/mol. The minimum atomic E-state index is -1.44. The fourth-order valence-electron chi connectivity index (χ4n) is 4.60. The zero-order valence-corrected chi connectivity index (χ0v) is 18.3. The van der Waals surface area contributed by atoms with E-state index in [9.17, 15) is 19.1 Å². The first-order valence-electron chi connectivity index (χ1n) is 10.4. The van der Waals surface area contributed by atoms with E-state index in [2.05, 4.69) is 15.7 Å². The van der Waals surface area contributed by atoms with Crippen molar-refractivity contribution in [2.75, 3.05) is 0 Å². The number of hydrogen-bond acceptors (Lipinski definition) is 4. The van der Waals surface area contributed by atoms with Crippen LogP contribution < -0.4 is 10.6 Å². The van der Waals surface area contributed by atoms with Crippen molar-refractivity contribution in [3.05, 3.63) is 71.4 Å². The molecule has 3 amide bonds. The summed E-state index contributed by atoms with van der Waals surface area (Å²) in [6, 6.07) is 10.8. The number of fused-ring (bicyclic) bond motifs is 1. The zero-order chi connectivity index (χ0) is 23.5. The van der Waals surface area contributed by atoms with Crippen LogP contribution in [0.5, 0.6) is 5.88 Å². The largest absolute Gasteiger partial charge is 0.494 e. The molecule has 0 spiro atoms. The summed E-state index contributed by atoms with van der Waals surface area (Å²) in [5.41, 5.74) is 2.96. The van der Waals surface area contributed by atoms with Gasteiger partial charge in [0.05, 0.1) is 12.2 Å². The van der Waals surface area contributed by atoms with Crippen LogP contribution in [0.15, 0.2) is 48.7 Å². The second-order valence-electron chi connectivity index (χ2n) is 8.37. The number of amides is 3. The quantitative estimate of drug-likeness (QED) is 0.418. The third-order valence-electron chi connectivity index (χ3n) is 6.35. The molecule has 2 aromatic heterocycles. The second kappa shape index (κ2) is 7.19. The average molecular weight is 447 g/mol. The fraction of sp³-hybridized carbons (Fsp3) is 0.208. The van der Waals surface area contributed by atoms with Crippen molar-refractivity contribution in [2.45, 2.75) is 25.9 Å². The van der Waals surface area contributed by atoms with Crippen LogP contribution in [0.1, 0.15) is 17.0 Å². The van der Waals surface area contributed by atoms with Gasteiger partial charge in [0, 0.05) is 35.3 Å². The molecule has 2 aromatic carbocycles. The Morgan fingerprint density at radius 1 is 1.12 bits per heavy atom. The molecule has 0 aliphatic carbocycles. The Hall–Kier alpha value is -4.14. The van der Waals surface area contributed by atoms with Crippen LogP contribution in [-0.2, 0) is 23.9 Å². The van der Waals surface area contributed by atoms with Gasteiger partial charge in [0.15, 0.2) is 11.4 Å². The number of nitrogens with one attached hydrogen (secondary N) is 2. The molecule has 4 aromatic rings. The molecule has 1 atom stereocenters. The molecule has 33 heavy (non-hydrogen) atoms. The number of carbonyl (C=O) groups is 2. The molecule has 3 N–H and O–H groups in total. The van der Waals surface area contributed by atoms with E-state index in [1.54, 1.807) is 24.4 Å². The molecule has 0 unspecified atom stereocenters. The molecule has 3 heterocycles.